The third-order valence-corrected chi connectivity index (χ3v) is 3.98. The van der Waals surface area contributed by atoms with E-state index in [4.69, 9.17) is 54.8 Å². The van der Waals surface area contributed by atoms with Crippen molar-refractivity contribution in [1.29, 1.82) is 0 Å². The number of phenolic OH excluding ortho intramolecular Hbond substituents is 1. The molecule has 7 N–H and O–H groups in total. The Hall–Kier alpha value is -1.45. The average Bonchev–Trinajstić information content (AvgIpc) is 2.60. The molecule has 10 nitrogen and oxygen atoms in total. The van der Waals surface area contributed by atoms with Gasteiger partial charge in [0.1, 0.15) is 11.5 Å². The molecule has 0 aromatic heterocycles. The molecule has 0 bridgehead atoms. The third kappa shape index (κ3) is 15.9. The van der Waals surface area contributed by atoms with Gasteiger partial charge in [0.25, 0.3) is 0 Å². The second-order valence-electron chi connectivity index (χ2n) is 6.61. The fraction of sp³-hybridized carbons (Fsp3) is 0.333. The lowest BCUT2D eigenvalue weighted by Crippen LogP contribution is -2.18. The SMILES string of the molecule is CC(C)(c1ccc(O)cc1)c1ccc(OCCCCl)cc1.O=P(O)(O)O.O=P(O)(O)O. The van der Waals surface area contributed by atoms with Gasteiger partial charge >= 0.3 is 15.6 Å². The molecule has 2 rings (SSSR count). The second kappa shape index (κ2) is 13.2. The molecule has 0 saturated carbocycles. The summed E-state index contributed by atoms with van der Waals surface area (Å²) in [5.74, 6) is 1.77. The number of benzene rings is 2. The first-order valence-electron chi connectivity index (χ1n) is 8.69. The van der Waals surface area contributed by atoms with Gasteiger partial charge in [0.15, 0.2) is 0 Å². The van der Waals surface area contributed by atoms with Gasteiger partial charge < -0.3 is 39.2 Å². The number of hydrogen-bond acceptors (Lipinski definition) is 4. The normalized spacial score (nSPS) is 11.5. The van der Waals surface area contributed by atoms with E-state index in [0.29, 0.717) is 12.5 Å². The van der Waals surface area contributed by atoms with Crippen molar-refractivity contribution in [3.8, 4) is 11.5 Å². The van der Waals surface area contributed by atoms with Crippen LogP contribution in [-0.4, -0.2) is 47.0 Å². The molecule has 0 unspecified atom stereocenters. The van der Waals surface area contributed by atoms with Crippen LogP contribution in [-0.2, 0) is 14.5 Å². The van der Waals surface area contributed by atoms with Gasteiger partial charge in [-0.1, -0.05) is 38.1 Å². The zero-order chi connectivity index (χ0) is 24.3. The predicted octanol–water partition coefficient (Wildman–Crippen LogP) is 2.87. The predicted molar refractivity (Wildman–Crippen MR) is 116 cm³/mol. The van der Waals surface area contributed by atoms with Crippen LogP contribution in [0.25, 0.3) is 0 Å². The Morgan fingerprint density at radius 3 is 1.52 bits per heavy atom. The molecule has 0 saturated heterocycles. The smallest absolute Gasteiger partial charge is 0.466 e. The minimum Gasteiger partial charge on any atom is -0.508 e. The van der Waals surface area contributed by atoms with Crippen LogP contribution in [0.1, 0.15) is 31.4 Å². The summed E-state index contributed by atoms with van der Waals surface area (Å²) in [5, 5.41) is 9.41. The molecule has 0 fully saturated rings. The van der Waals surface area contributed by atoms with Crippen molar-refractivity contribution in [1.82, 2.24) is 0 Å². The molecule has 2 aromatic carbocycles. The minimum absolute atomic E-state index is 0.123. The Kier molecular flexibility index (Phi) is 12.6. The van der Waals surface area contributed by atoms with E-state index >= 15 is 0 Å². The lowest BCUT2D eigenvalue weighted by Gasteiger charge is -2.26. The molecule has 0 atom stereocenters. The summed E-state index contributed by atoms with van der Waals surface area (Å²) >= 11 is 5.63. The quantitative estimate of drug-likeness (QED) is 0.177. The largest absolute Gasteiger partial charge is 0.508 e. The summed E-state index contributed by atoms with van der Waals surface area (Å²) in [5.41, 5.74) is 2.25. The molecule has 31 heavy (non-hydrogen) atoms. The van der Waals surface area contributed by atoms with E-state index in [1.165, 1.54) is 5.56 Å². The van der Waals surface area contributed by atoms with Crippen LogP contribution in [0.2, 0.25) is 0 Å². The molecule has 0 aliphatic rings. The van der Waals surface area contributed by atoms with Crippen LogP contribution >= 0.6 is 27.2 Å². The van der Waals surface area contributed by atoms with Gasteiger partial charge in [-0.3, -0.25) is 0 Å². The molecule has 13 heteroatoms. The van der Waals surface area contributed by atoms with Crippen molar-refractivity contribution in [3.63, 3.8) is 0 Å². The van der Waals surface area contributed by atoms with Gasteiger partial charge in [0, 0.05) is 11.3 Å². The highest BCUT2D eigenvalue weighted by Gasteiger charge is 2.22. The fourth-order valence-corrected chi connectivity index (χ4v) is 2.37. The van der Waals surface area contributed by atoms with Crippen LogP contribution in [0.5, 0.6) is 11.5 Å². The number of alkyl halides is 1. The van der Waals surface area contributed by atoms with Gasteiger partial charge in [-0.25, -0.2) is 9.13 Å². The van der Waals surface area contributed by atoms with E-state index < -0.39 is 15.6 Å². The molecule has 0 radical (unpaired) electrons. The Bertz CT molecular complexity index is 823. The van der Waals surface area contributed by atoms with Crippen LogP contribution in [0.3, 0.4) is 0 Å². The summed E-state index contributed by atoms with van der Waals surface area (Å²) in [7, 11) is -9.28. The molecule has 0 heterocycles. The van der Waals surface area contributed by atoms with Crippen molar-refractivity contribution >= 4 is 27.2 Å². The molecule has 2 aromatic rings. The number of rotatable bonds is 6. The number of halogens is 1. The molecule has 176 valence electrons. The van der Waals surface area contributed by atoms with Gasteiger partial charge in [-0.05, 0) is 41.8 Å². The maximum atomic E-state index is 9.41. The van der Waals surface area contributed by atoms with Gasteiger partial charge in [-0.2, -0.15) is 0 Å². The summed E-state index contributed by atoms with van der Waals surface area (Å²) in [6.45, 7) is 4.98. The number of hydrogen-bond donors (Lipinski definition) is 7. The third-order valence-electron chi connectivity index (χ3n) is 3.71. The first kappa shape index (κ1) is 29.5. The summed E-state index contributed by atoms with van der Waals surface area (Å²) in [6, 6.07) is 15.5. The molecular formula is C18H27ClO10P2. The maximum absolute atomic E-state index is 9.41. The zero-order valence-corrected chi connectivity index (χ0v) is 19.4. The van der Waals surface area contributed by atoms with E-state index in [2.05, 4.69) is 26.0 Å². The summed E-state index contributed by atoms with van der Waals surface area (Å²) in [4.78, 5) is 43.1. The first-order chi connectivity index (χ1) is 14.0. The van der Waals surface area contributed by atoms with Crippen molar-refractivity contribution in [3.05, 3.63) is 59.7 Å². The lowest BCUT2D eigenvalue weighted by atomic mass is 9.78. The topological polar surface area (TPSA) is 185 Å². The Morgan fingerprint density at radius 1 is 0.806 bits per heavy atom. The Labute approximate surface area is 185 Å². The van der Waals surface area contributed by atoms with Crippen molar-refractivity contribution in [2.75, 3.05) is 12.5 Å². The number of ether oxygens (including phenoxy) is 1. The number of phosphoric acid groups is 2. The highest BCUT2D eigenvalue weighted by Crippen LogP contribution is 2.33. The van der Waals surface area contributed by atoms with Gasteiger partial charge in [0.05, 0.1) is 6.61 Å². The van der Waals surface area contributed by atoms with Crippen LogP contribution < -0.4 is 4.74 Å². The van der Waals surface area contributed by atoms with Crippen molar-refractivity contribution < 1.29 is 48.3 Å². The molecular weight excluding hydrogens is 474 g/mol. The standard InChI is InChI=1S/C18H21ClO2.2H3O4P/c1-18(2,14-4-8-16(20)9-5-14)15-6-10-17(11-7-15)21-13-3-12-19;2*1-5(2,3)4/h4-11,20H,3,12-13H2,1-2H3;2*(H3,1,2,3,4). The van der Waals surface area contributed by atoms with Gasteiger partial charge in [0.2, 0.25) is 0 Å². The van der Waals surface area contributed by atoms with Crippen LogP contribution in [0.15, 0.2) is 48.5 Å². The van der Waals surface area contributed by atoms with E-state index in [1.54, 1.807) is 12.1 Å². The molecule has 0 spiro atoms. The van der Waals surface area contributed by atoms with Crippen molar-refractivity contribution in [2.24, 2.45) is 0 Å². The highest BCUT2D eigenvalue weighted by atomic mass is 35.5. The molecule has 0 amide bonds. The monoisotopic (exact) mass is 500 g/mol. The first-order valence-corrected chi connectivity index (χ1v) is 12.4. The molecule has 0 aliphatic carbocycles. The van der Waals surface area contributed by atoms with E-state index in [0.717, 1.165) is 17.7 Å². The summed E-state index contributed by atoms with van der Waals surface area (Å²) < 4.78 is 23.4. The van der Waals surface area contributed by atoms with E-state index in [1.807, 2.05) is 24.3 Å². The van der Waals surface area contributed by atoms with Crippen molar-refractivity contribution in [2.45, 2.75) is 25.7 Å². The fourth-order valence-electron chi connectivity index (χ4n) is 2.26. The zero-order valence-electron chi connectivity index (χ0n) is 16.9. The summed E-state index contributed by atoms with van der Waals surface area (Å²) in [6.07, 6.45) is 0.850. The Balaban J connectivity index is 0.000000752. The molecule has 0 aliphatic heterocycles. The lowest BCUT2D eigenvalue weighted by molar-refractivity contribution is 0.272. The van der Waals surface area contributed by atoms with E-state index in [9.17, 15) is 5.11 Å². The maximum Gasteiger partial charge on any atom is 0.466 e. The van der Waals surface area contributed by atoms with Crippen LogP contribution in [0, 0.1) is 0 Å². The number of phenols is 1. The van der Waals surface area contributed by atoms with Gasteiger partial charge in [-0.15, -0.1) is 11.6 Å². The average molecular weight is 501 g/mol. The Morgan fingerprint density at radius 2 is 1.16 bits per heavy atom. The van der Waals surface area contributed by atoms with Crippen LogP contribution in [0.4, 0.5) is 0 Å². The highest BCUT2D eigenvalue weighted by molar-refractivity contribution is 7.45. The second-order valence-corrected chi connectivity index (χ2v) is 9.04. The van der Waals surface area contributed by atoms with E-state index in [-0.39, 0.29) is 11.2 Å². The minimum atomic E-state index is -4.64. The number of aromatic hydroxyl groups is 1.